The first-order chi connectivity index (χ1) is 12.8. The van der Waals surface area contributed by atoms with Gasteiger partial charge in [-0.3, -0.25) is 14.8 Å². The third-order valence-electron chi connectivity index (χ3n) is 4.90. The second kappa shape index (κ2) is 8.00. The SMILES string of the molecule is Cc1cc(-n2cc([N+](=O)[O-])c(OCC(F)CO[Si](C)(C)C(C)(C)C)n2)n(C)n1. The fourth-order valence-electron chi connectivity index (χ4n) is 2.24. The van der Waals surface area contributed by atoms with Crippen molar-refractivity contribution in [2.45, 2.75) is 52.0 Å². The number of rotatable bonds is 8. The third-order valence-corrected chi connectivity index (χ3v) is 9.40. The number of hydrogen-bond acceptors (Lipinski definition) is 6. The van der Waals surface area contributed by atoms with Gasteiger partial charge in [0.2, 0.25) is 0 Å². The van der Waals surface area contributed by atoms with Gasteiger partial charge in [-0.1, -0.05) is 20.8 Å². The van der Waals surface area contributed by atoms with Gasteiger partial charge in [0.1, 0.15) is 12.8 Å². The molecule has 2 aromatic heterocycles. The zero-order chi connectivity index (χ0) is 21.3. The Hall–Kier alpha value is -2.27. The monoisotopic (exact) mass is 413 g/mol. The summed E-state index contributed by atoms with van der Waals surface area (Å²) < 4.78 is 28.3. The summed E-state index contributed by atoms with van der Waals surface area (Å²) in [7, 11) is -0.381. The van der Waals surface area contributed by atoms with Crippen LogP contribution in [-0.2, 0) is 11.5 Å². The number of aryl methyl sites for hydroxylation is 2. The van der Waals surface area contributed by atoms with Crippen molar-refractivity contribution in [2.75, 3.05) is 13.2 Å². The van der Waals surface area contributed by atoms with Crippen molar-refractivity contribution in [2.24, 2.45) is 7.05 Å². The van der Waals surface area contributed by atoms with E-state index in [0.717, 1.165) is 5.69 Å². The molecule has 0 aliphatic heterocycles. The Kier molecular flexibility index (Phi) is 6.29. The highest BCUT2D eigenvalue weighted by molar-refractivity contribution is 6.74. The summed E-state index contributed by atoms with van der Waals surface area (Å²) in [6, 6.07) is 1.73. The molecule has 0 aliphatic rings. The van der Waals surface area contributed by atoms with Gasteiger partial charge in [-0.25, -0.2) is 9.07 Å². The number of aromatic nitrogens is 4. The summed E-state index contributed by atoms with van der Waals surface area (Å²) >= 11 is 0. The average Bonchev–Trinajstić information content (AvgIpc) is 3.12. The summed E-state index contributed by atoms with van der Waals surface area (Å²) in [6.07, 6.45) is -0.191. The first kappa shape index (κ1) is 22.0. The molecule has 1 atom stereocenters. The predicted octanol–water partition coefficient (Wildman–Crippen LogP) is 3.56. The molecule has 2 heterocycles. The zero-order valence-electron chi connectivity index (χ0n) is 17.4. The summed E-state index contributed by atoms with van der Waals surface area (Å²) in [5.41, 5.74) is 0.404. The molecular weight excluding hydrogens is 385 g/mol. The van der Waals surface area contributed by atoms with Crippen LogP contribution >= 0.6 is 0 Å². The highest BCUT2D eigenvalue weighted by atomic mass is 28.4. The van der Waals surface area contributed by atoms with E-state index in [0.29, 0.717) is 5.82 Å². The van der Waals surface area contributed by atoms with Crippen molar-refractivity contribution in [3.63, 3.8) is 0 Å². The molecule has 2 aromatic rings. The molecule has 0 aromatic carbocycles. The minimum atomic E-state index is -2.08. The minimum absolute atomic E-state index is 0.0353. The van der Waals surface area contributed by atoms with Crippen LogP contribution in [0.15, 0.2) is 12.3 Å². The number of ether oxygens (including phenoxy) is 1. The van der Waals surface area contributed by atoms with Crippen LogP contribution < -0.4 is 4.74 Å². The van der Waals surface area contributed by atoms with Gasteiger partial charge in [-0.2, -0.15) is 5.10 Å². The lowest BCUT2D eigenvalue weighted by atomic mass is 10.2. The van der Waals surface area contributed by atoms with Crippen molar-refractivity contribution >= 4 is 14.0 Å². The topological polar surface area (TPSA) is 97.2 Å². The average molecular weight is 414 g/mol. The third kappa shape index (κ3) is 4.96. The van der Waals surface area contributed by atoms with E-state index < -0.39 is 19.4 Å². The fourth-order valence-corrected chi connectivity index (χ4v) is 3.27. The normalized spacial score (nSPS) is 13.6. The van der Waals surface area contributed by atoms with E-state index in [1.165, 1.54) is 10.9 Å². The van der Waals surface area contributed by atoms with E-state index >= 15 is 0 Å². The molecule has 0 aliphatic carbocycles. The number of alkyl halides is 1. The molecule has 0 bridgehead atoms. The Balaban J connectivity index is 2.07. The summed E-state index contributed by atoms with van der Waals surface area (Å²) in [5.74, 6) is 0.298. The number of nitrogens with zero attached hydrogens (tertiary/aromatic N) is 5. The van der Waals surface area contributed by atoms with Crippen LogP contribution in [0.4, 0.5) is 10.1 Å². The Morgan fingerprint density at radius 3 is 2.46 bits per heavy atom. The van der Waals surface area contributed by atoms with Crippen LogP contribution in [0, 0.1) is 17.0 Å². The van der Waals surface area contributed by atoms with Crippen LogP contribution in [0.3, 0.4) is 0 Å². The van der Waals surface area contributed by atoms with Gasteiger partial charge < -0.3 is 9.16 Å². The Bertz CT molecular complexity index is 843. The van der Waals surface area contributed by atoms with E-state index in [-0.39, 0.29) is 29.8 Å². The lowest BCUT2D eigenvalue weighted by molar-refractivity contribution is -0.386. The predicted molar refractivity (Wildman–Crippen MR) is 105 cm³/mol. The van der Waals surface area contributed by atoms with Crippen molar-refractivity contribution in [3.8, 4) is 11.7 Å². The highest BCUT2D eigenvalue weighted by Gasteiger charge is 2.37. The highest BCUT2D eigenvalue weighted by Crippen LogP contribution is 2.36. The second-order valence-corrected chi connectivity index (χ2v) is 13.1. The largest absolute Gasteiger partial charge is 0.469 e. The summed E-state index contributed by atoms with van der Waals surface area (Å²) in [5, 5.41) is 19.5. The van der Waals surface area contributed by atoms with Crippen molar-refractivity contribution in [3.05, 3.63) is 28.1 Å². The first-order valence-corrected chi connectivity index (χ1v) is 11.9. The van der Waals surface area contributed by atoms with Crippen molar-refractivity contribution < 1.29 is 18.5 Å². The molecule has 156 valence electrons. The molecule has 1 unspecified atom stereocenters. The molecule has 0 radical (unpaired) electrons. The molecule has 0 saturated heterocycles. The maximum Gasteiger partial charge on any atom is 0.350 e. The Morgan fingerprint density at radius 2 is 1.96 bits per heavy atom. The number of halogens is 1. The summed E-state index contributed by atoms with van der Waals surface area (Å²) in [6.45, 7) is 11.6. The molecule has 2 rings (SSSR count). The second-order valence-electron chi connectivity index (χ2n) is 8.27. The summed E-state index contributed by atoms with van der Waals surface area (Å²) in [4.78, 5) is 10.7. The van der Waals surface area contributed by atoms with Gasteiger partial charge in [0.15, 0.2) is 20.3 Å². The molecule has 11 heteroatoms. The van der Waals surface area contributed by atoms with E-state index in [2.05, 4.69) is 31.0 Å². The first-order valence-electron chi connectivity index (χ1n) is 8.97. The van der Waals surface area contributed by atoms with Crippen molar-refractivity contribution in [1.82, 2.24) is 19.6 Å². The zero-order valence-corrected chi connectivity index (χ0v) is 18.4. The Labute approximate surface area is 164 Å². The van der Waals surface area contributed by atoms with Gasteiger partial charge in [0.25, 0.3) is 0 Å². The van der Waals surface area contributed by atoms with E-state index in [9.17, 15) is 14.5 Å². The van der Waals surface area contributed by atoms with Crippen LogP contribution in [0.25, 0.3) is 5.82 Å². The smallest absolute Gasteiger partial charge is 0.350 e. The maximum atomic E-state index is 14.3. The van der Waals surface area contributed by atoms with Crippen LogP contribution in [0.1, 0.15) is 26.5 Å². The Morgan fingerprint density at radius 1 is 1.32 bits per heavy atom. The lowest BCUT2D eigenvalue weighted by Crippen LogP contribution is -2.42. The van der Waals surface area contributed by atoms with Crippen LogP contribution in [-0.4, -0.2) is 52.2 Å². The molecule has 9 nitrogen and oxygen atoms in total. The van der Waals surface area contributed by atoms with Gasteiger partial charge in [-0.05, 0) is 25.1 Å². The molecule has 0 fully saturated rings. The molecule has 0 saturated carbocycles. The fraction of sp³-hybridized carbons (Fsp3) is 0.647. The van der Waals surface area contributed by atoms with Crippen LogP contribution in [0.5, 0.6) is 5.88 Å². The molecule has 0 spiro atoms. The molecular formula is C17H28FN5O4Si. The standard InChI is InChI=1S/C17H28FN5O4Si/c1-12-8-15(21(5)19-12)22-9-14(23(24)25)16(20-22)26-10-13(18)11-27-28(6,7)17(2,3)4/h8-9,13H,10-11H2,1-7H3. The van der Waals surface area contributed by atoms with E-state index in [1.807, 2.05) is 13.1 Å². The quantitative estimate of drug-likeness (QED) is 0.373. The van der Waals surface area contributed by atoms with Gasteiger partial charge in [0, 0.05) is 13.1 Å². The van der Waals surface area contributed by atoms with E-state index in [1.54, 1.807) is 24.7 Å². The maximum absolute atomic E-state index is 14.3. The lowest BCUT2D eigenvalue weighted by Gasteiger charge is -2.36. The van der Waals surface area contributed by atoms with E-state index in [4.69, 9.17) is 9.16 Å². The molecule has 28 heavy (non-hydrogen) atoms. The van der Waals surface area contributed by atoms with Crippen LogP contribution in [0.2, 0.25) is 18.1 Å². The van der Waals surface area contributed by atoms with Gasteiger partial charge >= 0.3 is 11.6 Å². The van der Waals surface area contributed by atoms with Gasteiger partial charge in [0.05, 0.1) is 17.2 Å². The number of hydrogen-bond donors (Lipinski definition) is 0. The minimum Gasteiger partial charge on any atom is -0.469 e. The van der Waals surface area contributed by atoms with Gasteiger partial charge in [-0.15, -0.1) is 5.10 Å². The number of nitro groups is 1. The molecule has 0 N–H and O–H groups in total. The molecule has 0 amide bonds. The van der Waals surface area contributed by atoms with Crippen molar-refractivity contribution in [1.29, 1.82) is 0 Å².